The second-order valence-corrected chi connectivity index (χ2v) is 25.7. The molecule has 353 valence electrons. The van der Waals surface area contributed by atoms with Gasteiger partial charge in [-0.15, -0.1) is 54.1 Å². The van der Waals surface area contributed by atoms with Crippen LogP contribution in [0.15, 0.2) is 156 Å². The molecule has 4 heterocycles. The maximum Gasteiger partial charge on any atom is 0.216 e. The first-order valence-electron chi connectivity index (χ1n) is 24.5. The van der Waals surface area contributed by atoms with E-state index in [1.165, 1.54) is 60.2 Å². The molecule has 5 nitrogen and oxygen atoms in total. The summed E-state index contributed by atoms with van der Waals surface area (Å²) < 4.78 is 8.97. The van der Waals surface area contributed by atoms with Crippen LogP contribution in [0, 0.1) is 25.0 Å². The predicted octanol–water partition coefficient (Wildman–Crippen LogP) is 16.6. The van der Waals surface area contributed by atoms with Crippen molar-refractivity contribution in [3.05, 3.63) is 186 Å². The summed E-state index contributed by atoms with van der Waals surface area (Å²) in [6.45, 7) is 22.9. The molecule has 11 aromatic rings. The largest absolute Gasteiger partial charge is 0.486 e. The van der Waals surface area contributed by atoms with Crippen LogP contribution in [0.3, 0.4) is 0 Å². The molecule has 7 heteroatoms. The Balaban J connectivity index is 0.000000244. The standard InChI is InChI=1S/C45H36N3O.C18H24NSi.Ir/c1-26(2)37-22-32(29-12-7-6-8-13-29)23-38(27(3)4)42(37)48-41-24-31-20-19-30-14-9-10-15-33(30)39(31)25-40(41)47-44(48)36-17-11-16-34-35-21-18-28(5)46-45(35)49-43(34)36;1-14(2)11-16-12-17(15-9-7-6-8-10-15)19-13-18(16)20(3,4)5;/h6-16,18-27H,1-5H3;6-9,12-14H,11H2,1-5H3;/q2*-1;. The van der Waals surface area contributed by atoms with Gasteiger partial charge >= 0.3 is 0 Å². The van der Waals surface area contributed by atoms with Crippen LogP contribution < -0.4 is 5.19 Å². The Bertz CT molecular complexity index is 3650. The van der Waals surface area contributed by atoms with Crippen LogP contribution in [0.2, 0.25) is 19.6 Å². The molecule has 0 unspecified atom stereocenters. The molecule has 0 aliphatic rings. The van der Waals surface area contributed by atoms with Crippen molar-refractivity contribution in [3.8, 4) is 39.5 Å². The number of hydrogen-bond donors (Lipinski definition) is 0. The average molecular weight is 1110 g/mol. The second kappa shape index (κ2) is 19.7. The predicted molar refractivity (Wildman–Crippen MR) is 294 cm³/mol. The van der Waals surface area contributed by atoms with E-state index >= 15 is 0 Å². The van der Waals surface area contributed by atoms with Crippen LogP contribution in [0.5, 0.6) is 0 Å². The number of furan rings is 1. The van der Waals surface area contributed by atoms with E-state index in [0.29, 0.717) is 11.6 Å². The van der Waals surface area contributed by atoms with E-state index < -0.39 is 8.07 Å². The van der Waals surface area contributed by atoms with Crippen molar-refractivity contribution in [1.82, 2.24) is 19.5 Å². The first-order valence-corrected chi connectivity index (χ1v) is 28.0. The summed E-state index contributed by atoms with van der Waals surface area (Å²) in [6.07, 6.45) is 3.24. The van der Waals surface area contributed by atoms with Gasteiger partial charge in [-0.3, -0.25) is 4.98 Å². The smallest absolute Gasteiger partial charge is 0.216 e. The zero-order chi connectivity index (χ0) is 48.1. The molecule has 4 aromatic heterocycles. The van der Waals surface area contributed by atoms with E-state index in [4.69, 9.17) is 14.4 Å². The molecule has 0 saturated carbocycles. The van der Waals surface area contributed by atoms with Gasteiger partial charge in [0.2, 0.25) is 5.71 Å². The first kappa shape index (κ1) is 48.5. The molecule has 0 aliphatic carbocycles. The van der Waals surface area contributed by atoms with Crippen molar-refractivity contribution in [3.63, 3.8) is 0 Å². The van der Waals surface area contributed by atoms with E-state index in [-0.39, 0.29) is 31.9 Å². The fraction of sp³-hybridized carbons (Fsp3) is 0.222. The first-order chi connectivity index (χ1) is 33.2. The summed E-state index contributed by atoms with van der Waals surface area (Å²) in [6, 6.07) is 58.5. The number of aryl methyl sites for hydroxylation is 1. The van der Waals surface area contributed by atoms with Crippen LogP contribution in [0.4, 0.5) is 0 Å². The molecular formula is C63H60IrN4OSi-2. The molecule has 70 heavy (non-hydrogen) atoms. The Morgan fingerprint density at radius 1 is 0.629 bits per heavy atom. The summed E-state index contributed by atoms with van der Waals surface area (Å²) in [5.74, 6) is 1.99. The molecule has 0 bridgehead atoms. The third-order valence-corrected chi connectivity index (χ3v) is 15.4. The Morgan fingerprint density at radius 3 is 2.04 bits per heavy atom. The minimum absolute atomic E-state index is 0. The van der Waals surface area contributed by atoms with E-state index in [9.17, 15) is 0 Å². The number of imidazole rings is 1. The van der Waals surface area contributed by atoms with Crippen LogP contribution in [0.25, 0.3) is 94.1 Å². The Hall–Kier alpha value is -6.50. The second-order valence-electron chi connectivity index (χ2n) is 20.7. The van der Waals surface area contributed by atoms with Gasteiger partial charge < -0.3 is 14.0 Å². The van der Waals surface area contributed by atoms with Gasteiger partial charge in [0.25, 0.3) is 0 Å². The van der Waals surface area contributed by atoms with Gasteiger partial charge in [-0.25, -0.2) is 4.98 Å². The fourth-order valence-corrected chi connectivity index (χ4v) is 11.5. The van der Waals surface area contributed by atoms with Crippen molar-refractivity contribution in [2.45, 2.75) is 86.4 Å². The van der Waals surface area contributed by atoms with Gasteiger partial charge in [-0.05, 0) is 122 Å². The quantitative estimate of drug-likeness (QED) is 0.0821. The zero-order valence-corrected chi connectivity index (χ0v) is 45.3. The number of nitrogens with zero attached hydrogens (tertiary/aromatic N) is 4. The summed E-state index contributed by atoms with van der Waals surface area (Å²) in [5.41, 5.74) is 14.9. The van der Waals surface area contributed by atoms with Crippen molar-refractivity contribution in [2.24, 2.45) is 5.92 Å². The molecule has 0 amide bonds. The van der Waals surface area contributed by atoms with E-state index in [0.717, 1.165) is 62.1 Å². The summed E-state index contributed by atoms with van der Waals surface area (Å²) >= 11 is 0. The minimum atomic E-state index is -1.34. The van der Waals surface area contributed by atoms with Gasteiger partial charge in [0.1, 0.15) is 0 Å². The molecule has 7 aromatic carbocycles. The maximum absolute atomic E-state index is 6.58. The Labute approximate surface area is 427 Å². The topological polar surface area (TPSA) is 56.7 Å². The van der Waals surface area contributed by atoms with Crippen LogP contribution in [0.1, 0.15) is 75.8 Å². The monoisotopic (exact) mass is 1110 g/mol. The molecule has 1 radical (unpaired) electrons. The van der Waals surface area contributed by atoms with E-state index in [1.54, 1.807) is 0 Å². The summed E-state index contributed by atoms with van der Waals surface area (Å²) in [7, 11) is -1.34. The SMILES string of the molecule is CC(C)Cc1cc(-c2[c-]cccc2)ncc1[Si](C)(C)C.Cc1ccc2c(n1)oc1c(-c3nc4cc5c(ccc6ccccc65)cc4n3-c3c(C(C)C)cc(-c4ccccc4)cc3C(C)C)[c-]ccc12.[Ir]. The van der Waals surface area contributed by atoms with Gasteiger partial charge in [-0.2, -0.15) is 0 Å². The molecule has 0 fully saturated rings. The molecule has 0 spiro atoms. The zero-order valence-electron chi connectivity index (χ0n) is 41.9. The molecule has 0 N–H and O–H groups in total. The molecule has 0 aliphatic heterocycles. The maximum atomic E-state index is 6.58. The number of rotatable bonds is 9. The molecule has 0 atom stereocenters. The number of hydrogen-bond acceptors (Lipinski definition) is 4. The van der Waals surface area contributed by atoms with Crippen LogP contribution in [-0.2, 0) is 26.5 Å². The average Bonchev–Trinajstić information content (AvgIpc) is 3.90. The fourth-order valence-electron chi connectivity index (χ4n) is 9.95. The molecular weight excluding hydrogens is 1050 g/mol. The van der Waals surface area contributed by atoms with Crippen LogP contribution in [-0.4, -0.2) is 27.6 Å². The van der Waals surface area contributed by atoms with Gasteiger partial charge in [-0.1, -0.05) is 150 Å². The van der Waals surface area contributed by atoms with E-state index in [2.05, 4.69) is 204 Å². The Kier molecular flexibility index (Phi) is 13.7. The number of benzene rings is 7. The third-order valence-electron chi connectivity index (χ3n) is 13.3. The minimum Gasteiger partial charge on any atom is -0.486 e. The van der Waals surface area contributed by atoms with Crippen molar-refractivity contribution >= 4 is 67.9 Å². The van der Waals surface area contributed by atoms with Crippen molar-refractivity contribution in [2.75, 3.05) is 0 Å². The Morgan fingerprint density at radius 2 is 1.34 bits per heavy atom. The van der Waals surface area contributed by atoms with Crippen LogP contribution >= 0.6 is 0 Å². The molecule has 0 saturated heterocycles. The van der Waals surface area contributed by atoms with E-state index in [1.807, 2.05) is 37.3 Å². The summed E-state index contributed by atoms with van der Waals surface area (Å²) in [5, 5.41) is 8.32. The van der Waals surface area contributed by atoms with Crippen molar-refractivity contribution in [1.29, 1.82) is 0 Å². The summed E-state index contributed by atoms with van der Waals surface area (Å²) in [4.78, 5) is 14.9. The van der Waals surface area contributed by atoms with Crippen molar-refractivity contribution < 1.29 is 24.5 Å². The van der Waals surface area contributed by atoms with Gasteiger partial charge in [0, 0.05) is 43.1 Å². The number of aromatic nitrogens is 4. The molecule has 11 rings (SSSR count). The van der Waals surface area contributed by atoms with Gasteiger partial charge in [0.05, 0.1) is 30.5 Å². The third kappa shape index (κ3) is 9.31. The number of pyridine rings is 2. The normalized spacial score (nSPS) is 11.9. The number of fused-ring (bicyclic) bond motifs is 7. The van der Waals surface area contributed by atoms with Gasteiger partial charge in [0.15, 0.2) is 0 Å².